The first-order valence-electron chi connectivity index (χ1n) is 23.1. The second-order valence-electron chi connectivity index (χ2n) is 16.1. The number of amides is 1. The number of nitrogens with one attached hydrogen (secondary N) is 1. The second-order valence-corrected chi connectivity index (χ2v) is 16.1. The van der Waals surface area contributed by atoms with Crippen LogP contribution in [0.25, 0.3) is 0 Å². The Morgan fingerprint density at radius 1 is 0.462 bits per heavy atom. The van der Waals surface area contributed by atoms with Crippen LogP contribution in [0.4, 0.5) is 0 Å². The van der Waals surface area contributed by atoms with Crippen molar-refractivity contribution >= 4 is 5.91 Å². The van der Waals surface area contributed by atoms with Crippen molar-refractivity contribution < 1.29 is 25.2 Å². The second kappa shape index (κ2) is 41.2. The minimum absolute atomic E-state index is 0.367. The number of rotatable bonds is 42. The van der Waals surface area contributed by atoms with Crippen molar-refractivity contribution in [3.8, 4) is 0 Å². The van der Waals surface area contributed by atoms with Crippen LogP contribution in [0, 0.1) is 0 Å². The highest BCUT2D eigenvalue weighted by Crippen LogP contribution is 2.17. The summed E-state index contributed by atoms with van der Waals surface area (Å²) in [6.45, 7) is 4.04. The zero-order valence-corrected chi connectivity index (χ0v) is 34.8. The number of carbonyl (C=O) groups is 1. The molecule has 5 N–H and O–H groups in total. The summed E-state index contributed by atoms with van der Waals surface area (Å²) in [6, 6.07) is -0.996. The van der Waals surface area contributed by atoms with Gasteiger partial charge in [-0.25, -0.2) is 0 Å². The highest BCUT2D eigenvalue weighted by Gasteiger charge is 2.28. The largest absolute Gasteiger partial charge is 0.394 e. The third kappa shape index (κ3) is 34.8. The lowest BCUT2D eigenvalue weighted by Gasteiger charge is -2.27. The Hall–Kier alpha value is -0.950. The van der Waals surface area contributed by atoms with E-state index in [1.807, 2.05) is 0 Å². The molecule has 1 amide bonds. The van der Waals surface area contributed by atoms with E-state index in [0.29, 0.717) is 12.8 Å². The van der Waals surface area contributed by atoms with Crippen LogP contribution < -0.4 is 5.32 Å². The van der Waals surface area contributed by atoms with Crippen molar-refractivity contribution in [1.29, 1.82) is 0 Å². The summed E-state index contributed by atoms with van der Waals surface area (Å²) < 4.78 is 0. The van der Waals surface area contributed by atoms with Crippen LogP contribution in [-0.4, -0.2) is 57.3 Å². The van der Waals surface area contributed by atoms with Gasteiger partial charge in [0.05, 0.1) is 18.8 Å². The topological polar surface area (TPSA) is 110 Å². The average Bonchev–Trinajstić information content (AvgIpc) is 3.15. The molecule has 0 rings (SSSR count). The van der Waals surface area contributed by atoms with Gasteiger partial charge in [-0.1, -0.05) is 219 Å². The van der Waals surface area contributed by atoms with Crippen molar-refractivity contribution in [3.05, 3.63) is 12.2 Å². The van der Waals surface area contributed by atoms with Gasteiger partial charge >= 0.3 is 0 Å². The van der Waals surface area contributed by atoms with Gasteiger partial charge in [0.25, 0.3) is 0 Å². The summed E-state index contributed by atoms with van der Waals surface area (Å²) in [6.07, 6.45) is 45.5. The Labute approximate surface area is 323 Å². The normalized spacial score (nSPS) is 14.2. The Bertz CT molecular complexity index is 746. The molecule has 0 heterocycles. The van der Waals surface area contributed by atoms with Crippen LogP contribution in [0.15, 0.2) is 12.2 Å². The molecule has 0 bridgehead atoms. The van der Waals surface area contributed by atoms with Crippen LogP contribution in [0.5, 0.6) is 0 Å². The van der Waals surface area contributed by atoms with E-state index in [4.69, 9.17) is 0 Å². The van der Waals surface area contributed by atoms with Crippen LogP contribution in [0.1, 0.15) is 245 Å². The first-order chi connectivity index (χ1) is 25.5. The van der Waals surface area contributed by atoms with E-state index in [1.165, 1.54) is 180 Å². The molecular weight excluding hydrogens is 647 g/mol. The lowest BCUT2D eigenvalue weighted by Crippen LogP contribution is -2.53. The lowest BCUT2D eigenvalue weighted by molar-refractivity contribution is -0.132. The molecule has 0 aliphatic carbocycles. The van der Waals surface area contributed by atoms with E-state index in [0.717, 1.165) is 38.5 Å². The Balaban J connectivity index is 3.67. The van der Waals surface area contributed by atoms with Crippen LogP contribution in [0.3, 0.4) is 0 Å². The maximum atomic E-state index is 12.5. The molecule has 0 radical (unpaired) electrons. The van der Waals surface area contributed by atoms with Gasteiger partial charge in [0.15, 0.2) is 0 Å². The van der Waals surface area contributed by atoms with Gasteiger partial charge in [-0.3, -0.25) is 4.79 Å². The van der Waals surface area contributed by atoms with Gasteiger partial charge < -0.3 is 25.7 Å². The molecule has 0 aromatic rings. The highest BCUT2D eigenvalue weighted by molar-refractivity contribution is 5.80. The molecule has 310 valence electrons. The first-order valence-corrected chi connectivity index (χ1v) is 23.1. The van der Waals surface area contributed by atoms with Gasteiger partial charge in [0, 0.05) is 0 Å². The maximum Gasteiger partial charge on any atom is 0.249 e. The van der Waals surface area contributed by atoms with Crippen LogP contribution in [-0.2, 0) is 4.79 Å². The van der Waals surface area contributed by atoms with Crippen molar-refractivity contribution in [2.45, 2.75) is 269 Å². The third-order valence-corrected chi connectivity index (χ3v) is 11.0. The zero-order valence-electron chi connectivity index (χ0n) is 34.8. The predicted molar refractivity (Wildman–Crippen MR) is 224 cm³/mol. The molecule has 0 fully saturated rings. The fraction of sp³-hybridized carbons (Fsp3) is 0.935. The van der Waals surface area contributed by atoms with Crippen LogP contribution in [0.2, 0.25) is 0 Å². The van der Waals surface area contributed by atoms with E-state index in [1.54, 1.807) is 0 Å². The molecule has 0 saturated heterocycles. The molecule has 4 atom stereocenters. The Kier molecular flexibility index (Phi) is 40.5. The number of carbonyl (C=O) groups excluding carboxylic acids is 1. The first kappa shape index (κ1) is 51.0. The third-order valence-electron chi connectivity index (χ3n) is 11.0. The quantitative estimate of drug-likeness (QED) is 0.0316. The number of unbranched alkanes of at least 4 members (excludes halogenated alkanes) is 31. The average molecular weight is 738 g/mol. The van der Waals surface area contributed by atoms with Gasteiger partial charge in [0.1, 0.15) is 12.2 Å². The van der Waals surface area contributed by atoms with E-state index in [2.05, 4.69) is 31.3 Å². The zero-order chi connectivity index (χ0) is 38.2. The SMILES string of the molecule is CCCCCCCCCCCCCCCCCCCCCC/C=C/CCCC(O)C(O)C(CO)NC(=O)C(O)CCCCCCCCCCCCC. The minimum atomic E-state index is -1.28. The summed E-state index contributed by atoms with van der Waals surface area (Å²) in [5, 5.41) is 43.6. The molecule has 0 spiro atoms. The number of aliphatic hydroxyl groups excluding tert-OH is 4. The summed E-state index contributed by atoms with van der Waals surface area (Å²) in [5.41, 5.74) is 0. The summed E-state index contributed by atoms with van der Waals surface area (Å²) in [7, 11) is 0. The van der Waals surface area contributed by atoms with E-state index < -0.39 is 36.9 Å². The number of aliphatic hydroxyl groups is 4. The predicted octanol–water partition coefficient (Wildman–Crippen LogP) is 12.2. The molecule has 0 aliphatic heterocycles. The molecule has 0 aliphatic rings. The van der Waals surface area contributed by atoms with Gasteiger partial charge in [0.2, 0.25) is 5.91 Å². The van der Waals surface area contributed by atoms with E-state index >= 15 is 0 Å². The minimum Gasteiger partial charge on any atom is -0.394 e. The number of hydrogen-bond acceptors (Lipinski definition) is 5. The van der Waals surface area contributed by atoms with E-state index in [9.17, 15) is 25.2 Å². The maximum absolute atomic E-state index is 12.5. The Morgan fingerprint density at radius 3 is 1.15 bits per heavy atom. The molecule has 6 nitrogen and oxygen atoms in total. The standard InChI is InChI=1S/C46H91NO5/c1-3-5-7-9-11-13-15-16-17-18-19-20-21-22-23-24-25-26-27-28-30-31-33-35-37-39-43(49)45(51)42(41-48)47-46(52)44(50)40-38-36-34-32-29-14-12-10-8-6-4-2/h31,33,42-45,48-51H,3-30,32,34-41H2,1-2H3,(H,47,52)/b33-31+. The van der Waals surface area contributed by atoms with Gasteiger partial charge in [-0.05, 0) is 38.5 Å². The van der Waals surface area contributed by atoms with Crippen molar-refractivity contribution in [1.82, 2.24) is 5.32 Å². The van der Waals surface area contributed by atoms with Crippen molar-refractivity contribution in [2.24, 2.45) is 0 Å². The fourth-order valence-corrected chi connectivity index (χ4v) is 7.29. The lowest BCUT2D eigenvalue weighted by atomic mass is 10.00. The Morgan fingerprint density at radius 2 is 0.788 bits per heavy atom. The van der Waals surface area contributed by atoms with Crippen molar-refractivity contribution in [3.63, 3.8) is 0 Å². The summed E-state index contributed by atoms with van der Waals surface area (Å²) in [5.74, 6) is -0.592. The molecule has 6 heteroatoms. The van der Waals surface area contributed by atoms with Crippen LogP contribution >= 0.6 is 0 Å². The molecule has 0 aromatic carbocycles. The molecule has 4 unspecified atom stereocenters. The number of hydrogen-bond donors (Lipinski definition) is 5. The number of allylic oxidation sites excluding steroid dienone is 2. The molecule has 0 aromatic heterocycles. The van der Waals surface area contributed by atoms with E-state index in [-0.39, 0.29) is 0 Å². The molecule has 52 heavy (non-hydrogen) atoms. The van der Waals surface area contributed by atoms with Gasteiger partial charge in [-0.2, -0.15) is 0 Å². The monoisotopic (exact) mass is 738 g/mol. The van der Waals surface area contributed by atoms with Crippen molar-refractivity contribution in [2.75, 3.05) is 6.61 Å². The summed E-state index contributed by atoms with van der Waals surface area (Å²) in [4.78, 5) is 12.5. The highest BCUT2D eigenvalue weighted by atomic mass is 16.3. The smallest absolute Gasteiger partial charge is 0.249 e. The molecular formula is C46H91NO5. The van der Waals surface area contributed by atoms with Gasteiger partial charge in [-0.15, -0.1) is 0 Å². The fourth-order valence-electron chi connectivity index (χ4n) is 7.29. The summed E-state index contributed by atoms with van der Waals surface area (Å²) >= 11 is 0. The molecule has 0 saturated carbocycles.